The number of rotatable bonds is 1. The SMILES string of the molecule is CC.CC.Cc1ccc(C=S)cc1. The van der Waals surface area contributed by atoms with E-state index >= 15 is 0 Å². The first kappa shape index (κ1) is 14.8. The summed E-state index contributed by atoms with van der Waals surface area (Å²) in [6.45, 7) is 10.1. The summed E-state index contributed by atoms with van der Waals surface area (Å²) in [7, 11) is 0. The Morgan fingerprint density at radius 2 is 1.31 bits per heavy atom. The fraction of sp³-hybridized carbons (Fsp3) is 0.417. The van der Waals surface area contributed by atoms with Crippen LogP contribution in [0.25, 0.3) is 0 Å². The second kappa shape index (κ2) is 11.3. The standard InChI is InChI=1S/C8H8S.2C2H6/c1-7-2-4-8(6-9)5-3-7;2*1-2/h2-6H,1H3;2*1-2H3. The van der Waals surface area contributed by atoms with Crippen molar-refractivity contribution in [3.8, 4) is 0 Å². The second-order valence-electron chi connectivity index (χ2n) is 2.03. The van der Waals surface area contributed by atoms with Crippen LogP contribution in [0.1, 0.15) is 38.8 Å². The molecule has 0 atom stereocenters. The number of hydrogen-bond acceptors (Lipinski definition) is 1. The van der Waals surface area contributed by atoms with Gasteiger partial charge in [-0.25, -0.2) is 0 Å². The molecule has 0 aliphatic carbocycles. The van der Waals surface area contributed by atoms with E-state index in [0.717, 1.165) is 5.56 Å². The highest BCUT2D eigenvalue weighted by molar-refractivity contribution is 7.79. The van der Waals surface area contributed by atoms with Crippen molar-refractivity contribution in [2.24, 2.45) is 0 Å². The van der Waals surface area contributed by atoms with Crippen LogP contribution in [0.15, 0.2) is 24.3 Å². The van der Waals surface area contributed by atoms with Gasteiger partial charge in [0.1, 0.15) is 0 Å². The van der Waals surface area contributed by atoms with E-state index in [0.29, 0.717) is 0 Å². The van der Waals surface area contributed by atoms with Crippen molar-refractivity contribution in [3.05, 3.63) is 35.4 Å². The van der Waals surface area contributed by atoms with Gasteiger partial charge in [0.05, 0.1) is 0 Å². The maximum atomic E-state index is 4.74. The van der Waals surface area contributed by atoms with Gasteiger partial charge in [-0.3, -0.25) is 0 Å². The predicted molar refractivity (Wildman–Crippen MR) is 66.6 cm³/mol. The van der Waals surface area contributed by atoms with Crippen molar-refractivity contribution in [1.29, 1.82) is 0 Å². The van der Waals surface area contributed by atoms with Crippen LogP contribution >= 0.6 is 12.2 Å². The molecule has 0 unspecified atom stereocenters. The molecule has 0 N–H and O–H groups in total. The molecule has 0 aliphatic heterocycles. The zero-order valence-corrected chi connectivity index (χ0v) is 10.1. The Labute approximate surface area is 88.0 Å². The Kier molecular flexibility index (Phi) is 12.9. The Bertz CT molecular complexity index is 199. The van der Waals surface area contributed by atoms with E-state index in [1.165, 1.54) is 5.56 Å². The van der Waals surface area contributed by atoms with Crippen LogP contribution in [0.4, 0.5) is 0 Å². The van der Waals surface area contributed by atoms with Crippen molar-refractivity contribution < 1.29 is 0 Å². The molecule has 1 aromatic carbocycles. The van der Waals surface area contributed by atoms with Crippen LogP contribution in [0.2, 0.25) is 0 Å². The van der Waals surface area contributed by atoms with Gasteiger partial charge in [-0.2, -0.15) is 0 Å². The van der Waals surface area contributed by atoms with Crippen molar-refractivity contribution >= 4 is 17.6 Å². The van der Waals surface area contributed by atoms with Crippen molar-refractivity contribution in [1.82, 2.24) is 0 Å². The summed E-state index contributed by atoms with van der Waals surface area (Å²) in [6.07, 6.45) is 0. The number of benzene rings is 1. The molecule has 0 nitrogen and oxygen atoms in total. The summed E-state index contributed by atoms with van der Waals surface area (Å²) in [6, 6.07) is 8.14. The fourth-order valence-electron chi connectivity index (χ4n) is 0.645. The van der Waals surface area contributed by atoms with Crippen LogP contribution in [0.3, 0.4) is 0 Å². The minimum Gasteiger partial charge on any atom is -0.0881 e. The topological polar surface area (TPSA) is 0 Å². The molecule has 0 radical (unpaired) electrons. The normalized spacial score (nSPS) is 7.15. The van der Waals surface area contributed by atoms with E-state index in [4.69, 9.17) is 12.2 Å². The lowest BCUT2D eigenvalue weighted by Crippen LogP contribution is -1.76. The van der Waals surface area contributed by atoms with Crippen LogP contribution in [0, 0.1) is 6.92 Å². The predicted octanol–water partition coefficient (Wildman–Crippen LogP) is 4.40. The van der Waals surface area contributed by atoms with Crippen molar-refractivity contribution in [3.63, 3.8) is 0 Å². The molecule has 74 valence electrons. The number of thiocarbonyl (C=S) groups is 1. The molecule has 0 spiro atoms. The maximum absolute atomic E-state index is 4.74. The molecule has 0 amide bonds. The number of hydrogen-bond donors (Lipinski definition) is 0. The minimum absolute atomic E-state index is 1.11. The molecular formula is C12H20S. The third kappa shape index (κ3) is 7.66. The molecular weight excluding hydrogens is 176 g/mol. The highest BCUT2D eigenvalue weighted by atomic mass is 32.1. The summed E-state index contributed by atoms with van der Waals surface area (Å²) in [4.78, 5) is 0. The third-order valence-corrected chi connectivity index (χ3v) is 1.49. The molecule has 0 fully saturated rings. The average Bonchev–Trinajstić information content (AvgIpc) is 2.25. The van der Waals surface area contributed by atoms with Gasteiger partial charge < -0.3 is 0 Å². The molecule has 0 saturated carbocycles. The highest BCUT2D eigenvalue weighted by Crippen LogP contribution is 1.99. The second-order valence-corrected chi connectivity index (χ2v) is 2.26. The molecule has 0 heterocycles. The first-order chi connectivity index (χ1) is 6.33. The van der Waals surface area contributed by atoms with Gasteiger partial charge in [-0.15, -0.1) is 0 Å². The van der Waals surface area contributed by atoms with E-state index in [-0.39, 0.29) is 0 Å². The van der Waals surface area contributed by atoms with E-state index in [1.54, 1.807) is 5.37 Å². The summed E-state index contributed by atoms with van der Waals surface area (Å²) >= 11 is 4.74. The molecule has 13 heavy (non-hydrogen) atoms. The van der Waals surface area contributed by atoms with Gasteiger partial charge in [0.2, 0.25) is 0 Å². The quantitative estimate of drug-likeness (QED) is 0.600. The largest absolute Gasteiger partial charge is 0.0881 e. The Morgan fingerprint density at radius 1 is 0.923 bits per heavy atom. The van der Waals surface area contributed by atoms with Gasteiger partial charge in [-0.05, 0) is 12.5 Å². The van der Waals surface area contributed by atoms with Crippen LogP contribution in [-0.4, -0.2) is 5.37 Å². The van der Waals surface area contributed by atoms with Crippen LogP contribution in [0.5, 0.6) is 0 Å². The summed E-state index contributed by atoms with van der Waals surface area (Å²) < 4.78 is 0. The fourth-order valence-corrected chi connectivity index (χ4v) is 0.802. The van der Waals surface area contributed by atoms with Crippen LogP contribution < -0.4 is 0 Å². The Balaban J connectivity index is 0. The Morgan fingerprint density at radius 3 is 1.62 bits per heavy atom. The molecule has 0 aliphatic rings. The molecule has 0 bridgehead atoms. The van der Waals surface area contributed by atoms with Gasteiger partial charge in [0.15, 0.2) is 0 Å². The molecule has 0 saturated heterocycles. The van der Waals surface area contributed by atoms with E-state index in [1.807, 2.05) is 39.8 Å². The first-order valence-corrected chi connectivity index (χ1v) is 5.32. The molecule has 1 rings (SSSR count). The smallest absolute Gasteiger partial charge is 0.00861 e. The molecule has 0 aromatic heterocycles. The summed E-state index contributed by atoms with van der Waals surface area (Å²) in [5.41, 5.74) is 2.38. The Hall–Kier alpha value is -0.690. The van der Waals surface area contributed by atoms with Crippen molar-refractivity contribution in [2.45, 2.75) is 34.6 Å². The minimum atomic E-state index is 1.11. The molecule has 1 aromatic rings. The highest BCUT2D eigenvalue weighted by Gasteiger charge is 1.83. The zero-order valence-electron chi connectivity index (χ0n) is 9.29. The van der Waals surface area contributed by atoms with Gasteiger partial charge in [-0.1, -0.05) is 69.7 Å². The summed E-state index contributed by atoms with van der Waals surface area (Å²) in [5.74, 6) is 0. The lowest BCUT2D eigenvalue weighted by Gasteiger charge is -1.90. The maximum Gasteiger partial charge on any atom is 0.00861 e. The molecule has 1 heteroatoms. The van der Waals surface area contributed by atoms with Gasteiger partial charge >= 0.3 is 0 Å². The van der Waals surface area contributed by atoms with Gasteiger partial charge in [0, 0.05) is 5.37 Å². The average molecular weight is 196 g/mol. The monoisotopic (exact) mass is 196 g/mol. The van der Waals surface area contributed by atoms with Crippen molar-refractivity contribution in [2.75, 3.05) is 0 Å². The van der Waals surface area contributed by atoms with E-state index in [2.05, 4.69) is 19.1 Å². The zero-order chi connectivity index (χ0) is 10.7. The number of aryl methyl sites for hydroxylation is 1. The summed E-state index contributed by atoms with van der Waals surface area (Å²) in [5, 5.41) is 1.68. The van der Waals surface area contributed by atoms with Crippen LogP contribution in [-0.2, 0) is 0 Å². The third-order valence-electron chi connectivity index (χ3n) is 1.21. The lowest BCUT2D eigenvalue weighted by molar-refractivity contribution is 1.47. The van der Waals surface area contributed by atoms with Gasteiger partial charge in [0.25, 0.3) is 0 Å². The van der Waals surface area contributed by atoms with E-state index < -0.39 is 0 Å². The van der Waals surface area contributed by atoms with E-state index in [9.17, 15) is 0 Å². The lowest BCUT2D eigenvalue weighted by atomic mass is 10.2. The first-order valence-electron chi connectivity index (χ1n) is 4.85.